The zero-order chi connectivity index (χ0) is 10.7. The Morgan fingerprint density at radius 1 is 0.786 bits per heavy atom. The van der Waals surface area contributed by atoms with E-state index in [0.29, 0.717) is 0 Å². The summed E-state index contributed by atoms with van der Waals surface area (Å²) < 4.78 is 0. The van der Waals surface area contributed by atoms with Crippen molar-refractivity contribution in [3.8, 4) is 0 Å². The second-order valence-electron chi connectivity index (χ2n) is 0.685. The summed E-state index contributed by atoms with van der Waals surface area (Å²) in [5.74, 6) is 0. The van der Waals surface area contributed by atoms with Crippen molar-refractivity contribution in [1.82, 2.24) is 0 Å². The summed E-state index contributed by atoms with van der Waals surface area (Å²) in [4.78, 5) is 24.9. The Hall–Kier alpha value is -1.92. The van der Waals surface area contributed by atoms with Gasteiger partial charge in [0.1, 0.15) is 0 Å². The Labute approximate surface area is 84.7 Å². The normalized spacial score (nSPS) is 5.14. The zero-order valence-electron chi connectivity index (χ0n) is 5.93. The van der Waals surface area contributed by atoms with Crippen molar-refractivity contribution in [3.05, 3.63) is 40.8 Å². The van der Waals surface area contributed by atoms with E-state index >= 15 is 0 Å². The van der Waals surface area contributed by atoms with Crippen LogP contribution >= 0.6 is 0 Å². The molecule has 0 aliphatic rings. The summed E-state index contributed by atoms with van der Waals surface area (Å²) in [7, 11) is 0. The van der Waals surface area contributed by atoms with Crippen molar-refractivity contribution < 1.29 is 43.0 Å². The van der Waals surface area contributed by atoms with Gasteiger partial charge in [-0.2, -0.15) is 0 Å². The molecule has 0 aromatic rings. The van der Waals surface area contributed by atoms with E-state index in [1.54, 1.807) is 0 Å². The first-order chi connectivity index (χ1) is 5.20. The zero-order valence-corrected chi connectivity index (χ0v) is 7.11. The molecule has 0 bridgehead atoms. The summed E-state index contributed by atoms with van der Waals surface area (Å²) in [6.07, 6.45) is 0. The number of hydrogen-bond acceptors (Lipinski definition) is 8. The van der Waals surface area contributed by atoms with Crippen molar-refractivity contribution in [2.75, 3.05) is 0 Å². The van der Waals surface area contributed by atoms with E-state index in [1.165, 1.54) is 0 Å². The minimum Gasteiger partial charge on any atom is -0.412 e. The fourth-order valence-corrected chi connectivity index (χ4v) is 0. The maximum absolute atomic E-state index is 8.36. The summed E-state index contributed by atoms with van der Waals surface area (Å²) in [6, 6.07) is 0. The molecule has 0 saturated carbocycles. The molecule has 0 unspecified atom stereocenters. The number of nitrogens with zero attached hydrogens (tertiary/aromatic N) is 3. The monoisotopic (exact) mass is 260 g/mol. The third kappa shape index (κ3) is 225. The molecule has 13 nitrogen and oxygen atoms in total. The summed E-state index contributed by atoms with van der Waals surface area (Å²) >= 11 is 0. The van der Waals surface area contributed by atoms with Crippen LogP contribution in [-0.4, -0.2) is 25.9 Å². The fraction of sp³-hybridized carbons (Fsp3) is 0. The van der Waals surface area contributed by atoms with Crippen LogP contribution in [0.4, 0.5) is 0 Å². The quantitative estimate of drug-likeness (QED) is 0.298. The van der Waals surface area contributed by atoms with Crippen molar-refractivity contribution in [3.63, 3.8) is 0 Å². The van der Waals surface area contributed by atoms with Crippen molar-refractivity contribution in [2.45, 2.75) is 0 Å². The van der Waals surface area contributed by atoms with Gasteiger partial charge in [-0.3, -0.25) is 0 Å². The van der Waals surface area contributed by atoms with E-state index in [-0.39, 0.29) is 22.5 Å². The molecule has 3 N–H and O–H groups in total. The molecular weight excluding hydrogens is 257 g/mol. The molecular formula is H3MnN3O10. The molecule has 0 aromatic heterocycles. The number of hydrogen-bond donors (Lipinski definition) is 1. The van der Waals surface area contributed by atoms with Gasteiger partial charge in [0, 0.05) is 0 Å². The molecule has 0 rings (SSSR count). The van der Waals surface area contributed by atoms with E-state index in [0.717, 1.165) is 0 Å². The van der Waals surface area contributed by atoms with Crippen LogP contribution in [0, 0.1) is 40.8 Å². The summed E-state index contributed by atoms with van der Waals surface area (Å²) in [5.41, 5.74) is 0. The molecule has 85 valence electrons. The second-order valence-corrected chi connectivity index (χ2v) is 0.685. The Morgan fingerprint density at radius 2 is 0.786 bits per heavy atom. The Morgan fingerprint density at radius 3 is 0.786 bits per heavy atom. The van der Waals surface area contributed by atoms with Crippen LogP contribution in [0.3, 0.4) is 0 Å². The van der Waals surface area contributed by atoms with Gasteiger partial charge < -0.3 is 41.3 Å². The smallest absolute Gasteiger partial charge is 0.412 e. The maximum Gasteiger partial charge on any atom is 2.00 e. The van der Waals surface area contributed by atoms with Crippen molar-refractivity contribution in [1.29, 1.82) is 0 Å². The van der Waals surface area contributed by atoms with Gasteiger partial charge in [-0.15, -0.1) is 10.1 Å². The molecule has 14 heteroatoms. The van der Waals surface area contributed by atoms with Crippen LogP contribution in [0.1, 0.15) is 0 Å². The van der Waals surface area contributed by atoms with E-state index in [1.807, 2.05) is 0 Å². The topological polar surface area (TPSA) is 227 Å². The third-order valence-corrected chi connectivity index (χ3v) is 0. The predicted octanol–water partition coefficient (Wildman–Crippen LogP) is -1.65. The Kier molecular flexibility index (Phi) is 47.5. The van der Waals surface area contributed by atoms with Crippen LogP contribution < -0.4 is 0 Å². The molecule has 0 aromatic carbocycles. The standard InChI is InChI=1S/Mn.HNO3.2NO3.H2O/c;3*2-1(3)4;/h;(H,2,3,4);;;1H2/q+2;;2*-1;. The first-order valence-corrected chi connectivity index (χ1v) is 1.66. The van der Waals surface area contributed by atoms with E-state index in [2.05, 4.69) is 0 Å². The van der Waals surface area contributed by atoms with Crippen molar-refractivity contribution >= 4 is 0 Å². The number of rotatable bonds is 0. The van der Waals surface area contributed by atoms with Gasteiger partial charge in [0.2, 0.25) is 0 Å². The molecule has 0 aliphatic heterocycles. The fourth-order valence-electron chi connectivity index (χ4n) is 0. The Balaban J connectivity index is -0.0000000270. The molecule has 0 spiro atoms. The molecule has 1 radical (unpaired) electrons. The first-order valence-electron chi connectivity index (χ1n) is 1.66. The van der Waals surface area contributed by atoms with Gasteiger partial charge in [-0.05, 0) is 0 Å². The predicted molar refractivity (Wildman–Crippen MR) is 33.1 cm³/mol. The van der Waals surface area contributed by atoms with E-state index in [4.69, 9.17) is 46.0 Å². The largest absolute Gasteiger partial charge is 2.00 e. The van der Waals surface area contributed by atoms with Gasteiger partial charge in [0.05, 0.1) is 10.2 Å². The van der Waals surface area contributed by atoms with Gasteiger partial charge in [-0.1, -0.05) is 0 Å². The molecule has 0 amide bonds. The molecule has 0 aliphatic carbocycles. The molecule has 0 fully saturated rings. The van der Waals surface area contributed by atoms with Crippen LogP contribution in [0.15, 0.2) is 0 Å². The van der Waals surface area contributed by atoms with Gasteiger partial charge >= 0.3 is 17.1 Å². The minimum absolute atomic E-state index is 0. The van der Waals surface area contributed by atoms with Crippen LogP contribution in [0.25, 0.3) is 0 Å². The van der Waals surface area contributed by atoms with Crippen LogP contribution in [-0.2, 0) is 17.1 Å². The average molecular weight is 260 g/mol. The SMILES string of the molecule is O.O=[N+]([O-])O.O=[N+]([O-])[O-].O=[N+]([O-])[O-].[Mn+2]. The van der Waals surface area contributed by atoms with E-state index in [9.17, 15) is 0 Å². The molecule has 0 atom stereocenters. The van der Waals surface area contributed by atoms with Gasteiger partial charge in [0.15, 0.2) is 0 Å². The average Bonchev–Trinajstić information content (AvgIpc) is 1.54. The first kappa shape index (κ1) is 29.6. The minimum atomic E-state index is -1.75. The molecule has 0 saturated heterocycles. The van der Waals surface area contributed by atoms with Gasteiger partial charge in [-0.25, -0.2) is 0 Å². The second kappa shape index (κ2) is 22.5. The Bertz CT molecular complexity index is 113. The van der Waals surface area contributed by atoms with Crippen LogP contribution in [0.5, 0.6) is 0 Å². The third-order valence-electron chi connectivity index (χ3n) is 0. The molecule has 0 heterocycles. The maximum atomic E-state index is 8.36. The van der Waals surface area contributed by atoms with Gasteiger partial charge in [0.25, 0.3) is 5.09 Å². The summed E-state index contributed by atoms with van der Waals surface area (Å²) in [6.45, 7) is 0. The van der Waals surface area contributed by atoms with Crippen LogP contribution in [0.2, 0.25) is 0 Å². The van der Waals surface area contributed by atoms with E-state index < -0.39 is 15.3 Å². The van der Waals surface area contributed by atoms with Crippen molar-refractivity contribution in [2.24, 2.45) is 0 Å². The molecule has 14 heavy (non-hydrogen) atoms. The summed E-state index contributed by atoms with van der Waals surface area (Å²) in [5, 5.41) is 43.1.